The Labute approximate surface area is 113 Å². The Hall–Kier alpha value is -1.88. The molecule has 0 spiro atoms. The van der Waals surface area contributed by atoms with Crippen molar-refractivity contribution in [1.29, 1.82) is 0 Å². The third kappa shape index (κ3) is 2.33. The van der Waals surface area contributed by atoms with Gasteiger partial charge in [-0.15, -0.1) is 0 Å². The van der Waals surface area contributed by atoms with Crippen LogP contribution in [0.1, 0.15) is 30.1 Å². The van der Waals surface area contributed by atoms with Gasteiger partial charge in [-0.25, -0.2) is 0 Å². The van der Waals surface area contributed by atoms with Crippen molar-refractivity contribution in [2.24, 2.45) is 5.73 Å². The summed E-state index contributed by atoms with van der Waals surface area (Å²) in [5, 5.41) is 0. The Morgan fingerprint density at radius 2 is 1.95 bits per heavy atom. The van der Waals surface area contributed by atoms with Crippen molar-refractivity contribution in [2.45, 2.75) is 25.9 Å². The second-order valence-corrected chi connectivity index (χ2v) is 4.71. The molecule has 2 amide bonds. The van der Waals surface area contributed by atoms with Gasteiger partial charge in [0.05, 0.1) is 11.3 Å². The van der Waals surface area contributed by atoms with Gasteiger partial charge in [-0.2, -0.15) is 0 Å². The van der Waals surface area contributed by atoms with Crippen LogP contribution in [0.25, 0.3) is 0 Å². The van der Waals surface area contributed by atoms with Crippen LogP contribution < -0.4 is 10.6 Å². The maximum absolute atomic E-state index is 12.5. The summed E-state index contributed by atoms with van der Waals surface area (Å²) in [6.45, 7) is 2.54. The highest BCUT2D eigenvalue weighted by Gasteiger charge is 2.35. The number of rotatable bonds is 3. The molecule has 2 rings (SSSR count). The minimum Gasteiger partial charge on any atom is -0.314 e. The topological polar surface area (TPSA) is 66.6 Å². The third-order valence-corrected chi connectivity index (χ3v) is 3.43. The summed E-state index contributed by atoms with van der Waals surface area (Å²) in [4.78, 5) is 27.7. The predicted octanol–water partition coefficient (Wildman–Crippen LogP) is 1.19. The van der Waals surface area contributed by atoms with Crippen molar-refractivity contribution in [3.63, 3.8) is 0 Å². The zero-order valence-electron chi connectivity index (χ0n) is 11.3. The van der Waals surface area contributed by atoms with Crippen LogP contribution in [0.4, 0.5) is 5.69 Å². The molecule has 0 aliphatic carbocycles. The molecule has 1 aliphatic heterocycles. The van der Waals surface area contributed by atoms with Crippen molar-refractivity contribution in [1.82, 2.24) is 4.90 Å². The van der Waals surface area contributed by atoms with Gasteiger partial charge in [0, 0.05) is 13.6 Å². The highest BCUT2D eigenvalue weighted by atomic mass is 16.2. The van der Waals surface area contributed by atoms with Crippen molar-refractivity contribution in [2.75, 3.05) is 18.5 Å². The highest BCUT2D eigenvalue weighted by Crippen LogP contribution is 2.25. The molecule has 2 N–H and O–H groups in total. The summed E-state index contributed by atoms with van der Waals surface area (Å²) in [6.07, 6.45) is 0.872. The second kappa shape index (κ2) is 5.40. The van der Waals surface area contributed by atoms with Gasteiger partial charge in [-0.1, -0.05) is 25.5 Å². The maximum atomic E-state index is 12.5. The number of carbonyl (C=O) groups excluding carboxylic acids is 2. The largest absolute Gasteiger partial charge is 0.314 e. The van der Waals surface area contributed by atoms with Gasteiger partial charge in [0.1, 0.15) is 0 Å². The van der Waals surface area contributed by atoms with Gasteiger partial charge in [-0.3, -0.25) is 9.59 Å². The lowest BCUT2D eigenvalue weighted by Gasteiger charge is -2.26. The molecule has 1 aliphatic rings. The number of nitrogens with two attached hydrogens (primary N) is 1. The minimum atomic E-state index is -0.906. The van der Waals surface area contributed by atoms with E-state index in [1.165, 1.54) is 9.80 Å². The molecule has 1 aromatic carbocycles. The number of para-hydroxylation sites is 1. The van der Waals surface area contributed by atoms with Crippen molar-refractivity contribution >= 4 is 17.5 Å². The van der Waals surface area contributed by atoms with E-state index in [0.29, 0.717) is 17.8 Å². The van der Waals surface area contributed by atoms with Crippen molar-refractivity contribution in [3.8, 4) is 0 Å². The second-order valence-electron chi connectivity index (χ2n) is 4.71. The molecule has 102 valence electrons. The van der Waals surface area contributed by atoms with Gasteiger partial charge < -0.3 is 15.5 Å². The summed E-state index contributed by atoms with van der Waals surface area (Å²) < 4.78 is 0. The van der Waals surface area contributed by atoms with Gasteiger partial charge in [-0.05, 0) is 18.6 Å². The molecule has 0 saturated carbocycles. The van der Waals surface area contributed by atoms with Gasteiger partial charge in [0.15, 0.2) is 6.17 Å². The van der Waals surface area contributed by atoms with E-state index in [1.807, 2.05) is 13.0 Å². The average Bonchev–Trinajstić information content (AvgIpc) is 2.50. The molecule has 0 radical (unpaired) electrons. The summed E-state index contributed by atoms with van der Waals surface area (Å²) in [5.41, 5.74) is 7.08. The fourth-order valence-electron chi connectivity index (χ4n) is 2.25. The minimum absolute atomic E-state index is 0.172. The molecule has 5 nitrogen and oxygen atoms in total. The van der Waals surface area contributed by atoms with E-state index < -0.39 is 6.17 Å². The Morgan fingerprint density at radius 1 is 1.26 bits per heavy atom. The van der Waals surface area contributed by atoms with Gasteiger partial charge in [0.25, 0.3) is 11.8 Å². The molecule has 0 bridgehead atoms. The fraction of sp³-hybridized carbons (Fsp3) is 0.429. The number of hydrogen-bond donors (Lipinski definition) is 1. The van der Waals surface area contributed by atoms with Crippen LogP contribution in [0.5, 0.6) is 0 Å². The Kier molecular flexibility index (Phi) is 3.85. The van der Waals surface area contributed by atoms with Crippen LogP contribution in [0.2, 0.25) is 0 Å². The lowest BCUT2D eigenvalue weighted by molar-refractivity contribution is -0.122. The van der Waals surface area contributed by atoms with Gasteiger partial charge in [0.2, 0.25) is 0 Å². The van der Waals surface area contributed by atoms with Crippen LogP contribution >= 0.6 is 0 Å². The van der Waals surface area contributed by atoms with Gasteiger partial charge >= 0.3 is 0 Å². The zero-order chi connectivity index (χ0) is 14.0. The van der Waals surface area contributed by atoms with E-state index in [4.69, 9.17) is 5.73 Å². The van der Waals surface area contributed by atoms with Crippen LogP contribution in [-0.4, -0.2) is 36.5 Å². The Bertz CT molecular complexity index is 501. The number of likely N-dealkylation sites (N-methyl/N-ethyl adjacent to an activating group) is 1. The summed E-state index contributed by atoms with van der Waals surface area (Å²) in [7, 11) is 1.65. The van der Waals surface area contributed by atoms with Crippen molar-refractivity contribution in [3.05, 3.63) is 29.8 Å². The highest BCUT2D eigenvalue weighted by molar-refractivity contribution is 6.10. The smallest absolute Gasteiger partial charge is 0.264 e. The first-order chi connectivity index (χ1) is 9.07. The molecule has 0 fully saturated rings. The molecule has 1 atom stereocenters. The SMILES string of the molecule is CCCCN1C(=O)c2ccccc2N(C)C(=O)C1N. The predicted molar refractivity (Wildman–Crippen MR) is 73.8 cm³/mol. The first-order valence-electron chi connectivity index (χ1n) is 6.51. The van der Waals surface area contributed by atoms with E-state index in [-0.39, 0.29) is 11.8 Å². The molecule has 5 heteroatoms. The molecule has 1 aromatic rings. The maximum Gasteiger partial charge on any atom is 0.264 e. The average molecular weight is 261 g/mol. The number of fused-ring (bicyclic) bond motifs is 1. The van der Waals surface area contributed by atoms with Crippen LogP contribution in [-0.2, 0) is 4.79 Å². The Balaban J connectivity index is 2.45. The number of hydrogen-bond acceptors (Lipinski definition) is 3. The lowest BCUT2D eigenvalue weighted by Crippen LogP contribution is -2.53. The van der Waals surface area contributed by atoms with Crippen LogP contribution in [0, 0.1) is 0 Å². The molecule has 1 heterocycles. The standard InChI is InChI=1S/C14H19N3O2/c1-3-4-9-17-12(15)14(19)16(2)11-8-6-5-7-10(11)13(17)18/h5-8,12H,3-4,9,15H2,1-2H3. The summed E-state index contributed by atoms with van der Waals surface area (Å²) >= 11 is 0. The first-order valence-corrected chi connectivity index (χ1v) is 6.51. The zero-order valence-corrected chi connectivity index (χ0v) is 11.3. The number of unbranched alkanes of at least 4 members (excludes halogenated alkanes) is 1. The molecule has 1 unspecified atom stereocenters. The molecule has 19 heavy (non-hydrogen) atoms. The molecular formula is C14H19N3O2. The number of anilines is 1. The fourth-order valence-corrected chi connectivity index (χ4v) is 2.25. The lowest BCUT2D eigenvalue weighted by atomic mass is 10.1. The van der Waals surface area contributed by atoms with E-state index in [2.05, 4.69) is 0 Å². The summed E-state index contributed by atoms with van der Waals surface area (Å²) in [5.74, 6) is -0.427. The Morgan fingerprint density at radius 3 is 2.63 bits per heavy atom. The third-order valence-electron chi connectivity index (χ3n) is 3.43. The number of benzene rings is 1. The first kappa shape index (κ1) is 13.5. The number of carbonyl (C=O) groups is 2. The number of nitrogens with zero attached hydrogens (tertiary/aromatic N) is 2. The number of amides is 2. The molecule has 0 aromatic heterocycles. The monoisotopic (exact) mass is 261 g/mol. The molecule has 0 saturated heterocycles. The quantitative estimate of drug-likeness (QED) is 0.888. The van der Waals surface area contributed by atoms with Crippen molar-refractivity contribution < 1.29 is 9.59 Å². The molecular weight excluding hydrogens is 242 g/mol. The van der Waals surface area contributed by atoms with E-state index in [9.17, 15) is 9.59 Å². The van der Waals surface area contributed by atoms with E-state index >= 15 is 0 Å². The van der Waals surface area contributed by atoms with Crippen LogP contribution in [0.3, 0.4) is 0 Å². The summed E-state index contributed by atoms with van der Waals surface area (Å²) in [6, 6.07) is 7.10. The normalized spacial score (nSPS) is 19.4. The van der Waals surface area contributed by atoms with E-state index in [1.54, 1.807) is 25.2 Å². The van der Waals surface area contributed by atoms with E-state index in [0.717, 1.165) is 12.8 Å². The van der Waals surface area contributed by atoms with Crippen LogP contribution in [0.15, 0.2) is 24.3 Å².